The van der Waals surface area contributed by atoms with E-state index in [1.165, 1.54) is 5.56 Å². The zero-order chi connectivity index (χ0) is 13.7. The highest BCUT2D eigenvalue weighted by Crippen LogP contribution is 2.08. The van der Waals surface area contributed by atoms with Gasteiger partial charge in [0.1, 0.15) is 5.82 Å². The molecule has 1 aromatic heterocycles. The summed E-state index contributed by atoms with van der Waals surface area (Å²) in [6.07, 6.45) is 3.83. The lowest BCUT2D eigenvalue weighted by atomic mass is 10.1. The first-order chi connectivity index (χ1) is 9.19. The van der Waals surface area contributed by atoms with Crippen molar-refractivity contribution in [1.29, 1.82) is 0 Å². The molecule has 4 nitrogen and oxygen atoms in total. The van der Waals surface area contributed by atoms with Gasteiger partial charge < -0.3 is 15.0 Å². The maximum absolute atomic E-state index is 9.03. The minimum absolute atomic E-state index is 0.0922. The minimum Gasteiger partial charge on any atom is -0.392 e. The van der Waals surface area contributed by atoms with Gasteiger partial charge in [0.2, 0.25) is 0 Å². The fourth-order valence-corrected chi connectivity index (χ4v) is 1.89. The van der Waals surface area contributed by atoms with E-state index in [4.69, 9.17) is 5.11 Å². The molecule has 0 spiro atoms. The average molecular weight is 259 g/mol. The lowest BCUT2D eigenvalue weighted by Gasteiger charge is -2.11. The minimum atomic E-state index is 0.0922. The summed E-state index contributed by atoms with van der Waals surface area (Å²) in [4.78, 5) is 4.38. The summed E-state index contributed by atoms with van der Waals surface area (Å²) in [5.74, 6) is 1.04. The van der Waals surface area contributed by atoms with Crippen LogP contribution in [-0.2, 0) is 19.7 Å². The standard InChI is InChI=1S/C15H21N3O/c1-12(2)17-9-15-16-7-8-18(15)10-13-3-5-14(11-19)6-4-13/h3-8,12,17,19H,9-11H2,1-2H3. The number of aliphatic hydroxyl groups is 1. The zero-order valence-electron chi connectivity index (χ0n) is 11.5. The number of benzene rings is 1. The van der Waals surface area contributed by atoms with Crippen LogP contribution in [0.5, 0.6) is 0 Å². The van der Waals surface area contributed by atoms with Crippen molar-refractivity contribution in [2.75, 3.05) is 0 Å². The first kappa shape index (κ1) is 13.8. The molecule has 1 aromatic carbocycles. The largest absolute Gasteiger partial charge is 0.392 e. The zero-order valence-corrected chi connectivity index (χ0v) is 11.5. The lowest BCUT2D eigenvalue weighted by Crippen LogP contribution is -2.24. The molecule has 0 saturated heterocycles. The van der Waals surface area contributed by atoms with E-state index < -0.39 is 0 Å². The first-order valence-corrected chi connectivity index (χ1v) is 6.61. The summed E-state index contributed by atoms with van der Waals surface area (Å²) >= 11 is 0. The van der Waals surface area contributed by atoms with Crippen molar-refractivity contribution in [3.05, 3.63) is 53.6 Å². The van der Waals surface area contributed by atoms with Crippen LogP contribution in [0.2, 0.25) is 0 Å². The Kier molecular flexibility index (Phi) is 4.71. The van der Waals surface area contributed by atoms with Crippen LogP contribution in [0.25, 0.3) is 0 Å². The van der Waals surface area contributed by atoms with Crippen LogP contribution in [0.3, 0.4) is 0 Å². The van der Waals surface area contributed by atoms with E-state index in [1.54, 1.807) is 0 Å². The summed E-state index contributed by atoms with van der Waals surface area (Å²) in [7, 11) is 0. The molecule has 1 heterocycles. The second-order valence-electron chi connectivity index (χ2n) is 4.98. The van der Waals surface area contributed by atoms with Gasteiger partial charge in [-0.2, -0.15) is 0 Å². The van der Waals surface area contributed by atoms with Crippen LogP contribution in [0, 0.1) is 0 Å². The Morgan fingerprint density at radius 2 is 1.89 bits per heavy atom. The molecule has 0 aliphatic carbocycles. The third-order valence-corrected chi connectivity index (χ3v) is 3.03. The summed E-state index contributed by atoms with van der Waals surface area (Å²) in [5, 5.41) is 12.4. The number of nitrogens with one attached hydrogen (secondary N) is 1. The van der Waals surface area contributed by atoms with Crippen molar-refractivity contribution in [2.45, 2.75) is 39.6 Å². The van der Waals surface area contributed by atoms with Crippen LogP contribution < -0.4 is 5.32 Å². The van der Waals surface area contributed by atoms with Crippen LogP contribution in [-0.4, -0.2) is 20.7 Å². The highest BCUT2D eigenvalue weighted by Gasteiger charge is 2.04. The lowest BCUT2D eigenvalue weighted by molar-refractivity contribution is 0.282. The van der Waals surface area contributed by atoms with Gasteiger partial charge in [-0.25, -0.2) is 4.98 Å². The van der Waals surface area contributed by atoms with Crippen molar-refractivity contribution < 1.29 is 5.11 Å². The smallest absolute Gasteiger partial charge is 0.122 e. The normalized spacial score (nSPS) is 11.2. The Morgan fingerprint density at radius 3 is 2.53 bits per heavy atom. The van der Waals surface area contributed by atoms with Crippen molar-refractivity contribution in [3.8, 4) is 0 Å². The van der Waals surface area contributed by atoms with E-state index in [9.17, 15) is 0 Å². The highest BCUT2D eigenvalue weighted by molar-refractivity contribution is 5.22. The van der Waals surface area contributed by atoms with E-state index in [0.717, 1.165) is 24.5 Å². The average Bonchev–Trinajstić information content (AvgIpc) is 2.84. The summed E-state index contributed by atoms with van der Waals surface area (Å²) < 4.78 is 2.14. The van der Waals surface area contributed by atoms with Gasteiger partial charge in [0.15, 0.2) is 0 Å². The van der Waals surface area contributed by atoms with E-state index >= 15 is 0 Å². The number of hydrogen-bond donors (Lipinski definition) is 2. The summed E-state index contributed by atoms with van der Waals surface area (Å²) in [6.45, 7) is 5.93. The fraction of sp³-hybridized carbons (Fsp3) is 0.400. The molecule has 0 fully saturated rings. The van der Waals surface area contributed by atoms with Crippen molar-refractivity contribution >= 4 is 0 Å². The molecule has 19 heavy (non-hydrogen) atoms. The predicted molar refractivity (Wildman–Crippen MR) is 75.7 cm³/mol. The van der Waals surface area contributed by atoms with Gasteiger partial charge >= 0.3 is 0 Å². The second kappa shape index (κ2) is 6.50. The van der Waals surface area contributed by atoms with Gasteiger partial charge in [-0.15, -0.1) is 0 Å². The van der Waals surface area contributed by atoms with Gasteiger partial charge in [-0.3, -0.25) is 0 Å². The summed E-state index contributed by atoms with van der Waals surface area (Å²) in [5.41, 5.74) is 2.15. The Balaban J connectivity index is 2.03. The highest BCUT2D eigenvalue weighted by atomic mass is 16.3. The molecule has 2 N–H and O–H groups in total. The molecule has 0 aliphatic heterocycles. The van der Waals surface area contributed by atoms with Gasteiger partial charge in [-0.05, 0) is 11.1 Å². The Hall–Kier alpha value is -1.65. The molecular formula is C15H21N3O. The Labute approximate surface area is 114 Å². The van der Waals surface area contributed by atoms with Gasteiger partial charge in [-0.1, -0.05) is 38.1 Å². The summed E-state index contributed by atoms with van der Waals surface area (Å²) in [6, 6.07) is 8.46. The van der Waals surface area contributed by atoms with Gasteiger partial charge in [0.05, 0.1) is 13.2 Å². The van der Waals surface area contributed by atoms with E-state index in [2.05, 4.69) is 28.7 Å². The third-order valence-electron chi connectivity index (χ3n) is 3.03. The molecule has 4 heteroatoms. The number of nitrogens with zero attached hydrogens (tertiary/aromatic N) is 2. The number of hydrogen-bond acceptors (Lipinski definition) is 3. The fourth-order valence-electron chi connectivity index (χ4n) is 1.89. The van der Waals surface area contributed by atoms with E-state index in [1.807, 2.05) is 36.7 Å². The molecule has 0 unspecified atom stereocenters. The number of aliphatic hydroxyl groups excluding tert-OH is 1. The van der Waals surface area contributed by atoms with Crippen molar-refractivity contribution in [1.82, 2.24) is 14.9 Å². The third kappa shape index (κ3) is 3.91. The maximum atomic E-state index is 9.03. The first-order valence-electron chi connectivity index (χ1n) is 6.61. The molecule has 0 bridgehead atoms. The van der Waals surface area contributed by atoms with Crippen LogP contribution in [0.15, 0.2) is 36.7 Å². The van der Waals surface area contributed by atoms with Crippen LogP contribution in [0.4, 0.5) is 0 Å². The molecule has 0 amide bonds. The molecule has 2 aromatic rings. The predicted octanol–water partition coefficient (Wildman–Crippen LogP) is 1.92. The van der Waals surface area contributed by atoms with Gasteiger partial charge in [0, 0.05) is 25.0 Å². The Morgan fingerprint density at radius 1 is 1.21 bits per heavy atom. The number of rotatable bonds is 6. The quantitative estimate of drug-likeness (QED) is 0.833. The van der Waals surface area contributed by atoms with Crippen molar-refractivity contribution in [2.24, 2.45) is 0 Å². The topological polar surface area (TPSA) is 50.1 Å². The van der Waals surface area contributed by atoms with Crippen molar-refractivity contribution in [3.63, 3.8) is 0 Å². The number of imidazole rings is 1. The number of aromatic nitrogens is 2. The molecule has 102 valence electrons. The molecule has 0 saturated carbocycles. The Bertz CT molecular complexity index is 502. The van der Waals surface area contributed by atoms with E-state index in [0.29, 0.717) is 6.04 Å². The molecular weight excluding hydrogens is 238 g/mol. The monoisotopic (exact) mass is 259 g/mol. The van der Waals surface area contributed by atoms with Gasteiger partial charge in [0.25, 0.3) is 0 Å². The molecule has 2 rings (SSSR count). The SMILES string of the molecule is CC(C)NCc1nccn1Cc1ccc(CO)cc1. The maximum Gasteiger partial charge on any atom is 0.122 e. The molecule has 0 atom stereocenters. The van der Waals surface area contributed by atoms with Crippen LogP contribution in [0.1, 0.15) is 30.8 Å². The molecule has 0 aliphatic rings. The van der Waals surface area contributed by atoms with Crippen LogP contribution >= 0.6 is 0 Å². The van der Waals surface area contributed by atoms with E-state index in [-0.39, 0.29) is 6.61 Å². The molecule has 0 radical (unpaired) electrons. The second-order valence-corrected chi connectivity index (χ2v) is 4.98.